The van der Waals surface area contributed by atoms with Crippen LogP contribution in [-0.2, 0) is 16.0 Å². The number of rotatable bonds is 5. The van der Waals surface area contributed by atoms with Crippen LogP contribution in [0.1, 0.15) is 28.3 Å². The van der Waals surface area contributed by atoms with Crippen LogP contribution < -0.4 is 0 Å². The Labute approximate surface area is 190 Å². The molecular formula is C26H22BrNO3. The summed E-state index contributed by atoms with van der Waals surface area (Å²) in [6, 6.07) is 24.0. The van der Waals surface area contributed by atoms with Crippen LogP contribution in [-0.4, -0.2) is 28.2 Å². The summed E-state index contributed by atoms with van der Waals surface area (Å²) >= 11 is 3.48. The molecule has 0 bridgehead atoms. The molecule has 0 radical (unpaired) electrons. The normalized spacial score (nSPS) is 17.9. The van der Waals surface area contributed by atoms with Crippen molar-refractivity contribution in [3.05, 3.63) is 111 Å². The number of ketones is 1. The minimum Gasteiger partial charge on any atom is -0.507 e. The van der Waals surface area contributed by atoms with E-state index >= 15 is 0 Å². The zero-order valence-corrected chi connectivity index (χ0v) is 18.7. The van der Waals surface area contributed by atoms with E-state index in [0.717, 1.165) is 21.2 Å². The lowest BCUT2D eigenvalue weighted by molar-refractivity contribution is -0.139. The van der Waals surface area contributed by atoms with E-state index in [2.05, 4.69) is 15.9 Å². The summed E-state index contributed by atoms with van der Waals surface area (Å²) in [5, 5.41) is 11.1. The van der Waals surface area contributed by atoms with E-state index in [4.69, 9.17) is 0 Å². The van der Waals surface area contributed by atoms with E-state index in [9.17, 15) is 14.7 Å². The molecule has 1 atom stereocenters. The van der Waals surface area contributed by atoms with Crippen LogP contribution in [0.25, 0.3) is 5.76 Å². The van der Waals surface area contributed by atoms with Crippen LogP contribution in [0.3, 0.4) is 0 Å². The van der Waals surface area contributed by atoms with Gasteiger partial charge in [0.1, 0.15) is 5.76 Å². The zero-order chi connectivity index (χ0) is 22.0. The predicted molar refractivity (Wildman–Crippen MR) is 124 cm³/mol. The van der Waals surface area contributed by atoms with E-state index in [1.54, 1.807) is 17.0 Å². The van der Waals surface area contributed by atoms with E-state index < -0.39 is 17.7 Å². The molecule has 4 rings (SSSR count). The summed E-state index contributed by atoms with van der Waals surface area (Å²) in [5.41, 5.74) is 3.54. The molecule has 0 aliphatic carbocycles. The van der Waals surface area contributed by atoms with E-state index in [-0.39, 0.29) is 11.3 Å². The highest BCUT2D eigenvalue weighted by Gasteiger charge is 2.45. The zero-order valence-electron chi connectivity index (χ0n) is 17.1. The Bertz CT molecular complexity index is 1150. The first-order valence-electron chi connectivity index (χ1n) is 10.1. The van der Waals surface area contributed by atoms with E-state index in [0.29, 0.717) is 18.5 Å². The number of halogens is 1. The summed E-state index contributed by atoms with van der Waals surface area (Å²) in [7, 11) is 0. The van der Waals surface area contributed by atoms with Gasteiger partial charge in [0.2, 0.25) is 0 Å². The number of nitrogens with zero attached hydrogens (tertiary/aromatic N) is 1. The third kappa shape index (κ3) is 4.32. The van der Waals surface area contributed by atoms with Crippen molar-refractivity contribution in [3.63, 3.8) is 0 Å². The molecule has 4 nitrogen and oxygen atoms in total. The van der Waals surface area contributed by atoms with Gasteiger partial charge in [-0.25, -0.2) is 0 Å². The largest absolute Gasteiger partial charge is 0.507 e. The number of benzene rings is 3. The van der Waals surface area contributed by atoms with Crippen molar-refractivity contribution in [2.75, 3.05) is 6.54 Å². The number of aryl methyl sites for hydroxylation is 1. The Hall–Kier alpha value is -3.18. The van der Waals surface area contributed by atoms with Gasteiger partial charge >= 0.3 is 0 Å². The molecule has 1 amide bonds. The van der Waals surface area contributed by atoms with Gasteiger partial charge in [-0.1, -0.05) is 88.2 Å². The third-order valence-corrected chi connectivity index (χ3v) is 6.01. The van der Waals surface area contributed by atoms with Gasteiger partial charge < -0.3 is 10.0 Å². The maximum Gasteiger partial charge on any atom is 0.295 e. The Kier molecular flexibility index (Phi) is 6.05. The highest BCUT2D eigenvalue weighted by Crippen LogP contribution is 2.40. The highest BCUT2D eigenvalue weighted by molar-refractivity contribution is 9.10. The lowest BCUT2D eigenvalue weighted by Crippen LogP contribution is -2.31. The molecule has 0 saturated carbocycles. The topological polar surface area (TPSA) is 57.6 Å². The van der Waals surface area contributed by atoms with Crippen molar-refractivity contribution in [2.45, 2.75) is 19.4 Å². The molecule has 5 heteroatoms. The number of carbonyl (C=O) groups excluding carboxylic acids is 2. The van der Waals surface area contributed by atoms with Gasteiger partial charge in [0.05, 0.1) is 11.6 Å². The molecule has 0 aromatic heterocycles. The van der Waals surface area contributed by atoms with Gasteiger partial charge in [-0.3, -0.25) is 9.59 Å². The lowest BCUT2D eigenvalue weighted by Gasteiger charge is -2.25. The number of Topliss-reactive ketones (excluding diaryl/α,β-unsaturated/α-hetero) is 1. The van der Waals surface area contributed by atoms with Gasteiger partial charge in [-0.15, -0.1) is 0 Å². The fraction of sp³-hybridized carbons (Fsp3) is 0.154. The first kappa shape index (κ1) is 21.1. The van der Waals surface area contributed by atoms with Gasteiger partial charge in [-0.05, 0) is 36.6 Å². The number of likely N-dealkylation sites (tertiary alicyclic amines) is 1. The first-order valence-corrected chi connectivity index (χ1v) is 10.9. The number of amides is 1. The van der Waals surface area contributed by atoms with Crippen LogP contribution in [0.15, 0.2) is 88.9 Å². The van der Waals surface area contributed by atoms with Gasteiger partial charge in [0, 0.05) is 16.6 Å². The Morgan fingerprint density at radius 3 is 2.35 bits per heavy atom. The van der Waals surface area contributed by atoms with Gasteiger partial charge in [0.15, 0.2) is 0 Å². The summed E-state index contributed by atoms with van der Waals surface area (Å²) in [5.74, 6) is -1.39. The predicted octanol–water partition coefficient (Wildman–Crippen LogP) is 5.42. The Balaban J connectivity index is 1.79. The Morgan fingerprint density at radius 1 is 0.968 bits per heavy atom. The smallest absolute Gasteiger partial charge is 0.295 e. The van der Waals surface area contributed by atoms with Gasteiger partial charge in [0.25, 0.3) is 11.7 Å². The second kappa shape index (κ2) is 8.90. The molecule has 31 heavy (non-hydrogen) atoms. The number of hydrogen-bond acceptors (Lipinski definition) is 3. The third-order valence-electron chi connectivity index (χ3n) is 5.51. The summed E-state index contributed by atoms with van der Waals surface area (Å²) in [6.45, 7) is 2.32. The molecule has 1 N–H and O–H groups in total. The second-order valence-electron chi connectivity index (χ2n) is 7.65. The van der Waals surface area contributed by atoms with Crippen molar-refractivity contribution < 1.29 is 14.7 Å². The van der Waals surface area contributed by atoms with Gasteiger partial charge in [-0.2, -0.15) is 0 Å². The fourth-order valence-corrected chi connectivity index (χ4v) is 4.31. The number of aliphatic hydroxyl groups excluding tert-OH is 1. The lowest BCUT2D eigenvalue weighted by atomic mass is 9.95. The summed E-state index contributed by atoms with van der Waals surface area (Å²) in [6.07, 6.45) is 0.614. The number of hydrogen-bond donors (Lipinski definition) is 1. The van der Waals surface area contributed by atoms with Crippen LogP contribution in [0.5, 0.6) is 0 Å². The van der Waals surface area contributed by atoms with Crippen molar-refractivity contribution in [1.29, 1.82) is 0 Å². The van der Waals surface area contributed by atoms with Crippen LogP contribution in [0.4, 0.5) is 0 Å². The van der Waals surface area contributed by atoms with Crippen molar-refractivity contribution in [2.24, 2.45) is 0 Å². The first-order chi connectivity index (χ1) is 15.0. The maximum absolute atomic E-state index is 13.1. The average molecular weight is 476 g/mol. The van der Waals surface area contributed by atoms with Crippen molar-refractivity contribution >= 4 is 33.4 Å². The molecule has 1 aliphatic heterocycles. The summed E-state index contributed by atoms with van der Waals surface area (Å²) < 4.78 is 0.842. The molecule has 1 heterocycles. The van der Waals surface area contributed by atoms with E-state index in [1.807, 2.05) is 73.7 Å². The summed E-state index contributed by atoms with van der Waals surface area (Å²) in [4.78, 5) is 27.6. The Morgan fingerprint density at radius 2 is 1.68 bits per heavy atom. The average Bonchev–Trinajstić information content (AvgIpc) is 3.03. The van der Waals surface area contributed by atoms with Crippen LogP contribution in [0.2, 0.25) is 0 Å². The van der Waals surface area contributed by atoms with E-state index in [1.165, 1.54) is 0 Å². The maximum atomic E-state index is 13.1. The minimum atomic E-state index is -0.656. The molecule has 3 aromatic carbocycles. The standard InChI is InChI=1S/C26H22BrNO3/c1-17-10-12-19(13-11-17)24(29)22-23(20-8-5-9-21(27)16-20)28(26(31)25(22)30)15-14-18-6-3-2-4-7-18/h2-13,16,23,29H,14-15H2,1H3. The molecule has 1 saturated heterocycles. The fourth-order valence-electron chi connectivity index (χ4n) is 3.90. The van der Waals surface area contributed by atoms with Crippen molar-refractivity contribution in [3.8, 4) is 0 Å². The molecule has 3 aromatic rings. The monoisotopic (exact) mass is 475 g/mol. The highest BCUT2D eigenvalue weighted by atomic mass is 79.9. The molecule has 1 aliphatic rings. The van der Waals surface area contributed by atoms with Crippen LogP contribution in [0, 0.1) is 6.92 Å². The molecule has 1 unspecified atom stereocenters. The number of carbonyl (C=O) groups is 2. The number of aliphatic hydroxyl groups is 1. The quantitative estimate of drug-likeness (QED) is 0.304. The molecule has 1 fully saturated rings. The second-order valence-corrected chi connectivity index (χ2v) is 8.56. The molecule has 156 valence electrons. The molecular weight excluding hydrogens is 454 g/mol. The van der Waals surface area contributed by atoms with Crippen molar-refractivity contribution in [1.82, 2.24) is 4.90 Å². The van der Waals surface area contributed by atoms with Crippen LogP contribution >= 0.6 is 15.9 Å². The molecule has 0 spiro atoms. The SMILES string of the molecule is Cc1ccc(C(O)=C2C(=O)C(=O)N(CCc3ccccc3)C2c2cccc(Br)c2)cc1. The minimum absolute atomic E-state index is 0.125.